The molecule has 11 nitrogen and oxygen atoms in total. The Balaban J connectivity index is 0.000000207. The molecule has 0 atom stereocenters. The molecule has 0 aliphatic heterocycles. The van der Waals surface area contributed by atoms with Crippen molar-refractivity contribution in [3.63, 3.8) is 0 Å². The molecule has 0 saturated heterocycles. The number of carbonyl (C=O) groups is 1. The molecule has 0 radical (unpaired) electrons. The predicted molar refractivity (Wildman–Crippen MR) is 153 cm³/mol. The van der Waals surface area contributed by atoms with Gasteiger partial charge in [0.05, 0.1) is 22.7 Å². The van der Waals surface area contributed by atoms with E-state index in [4.69, 9.17) is 16.5 Å². The Labute approximate surface area is 230 Å². The van der Waals surface area contributed by atoms with Gasteiger partial charge in [-0.3, -0.25) is 18.8 Å². The quantitative estimate of drug-likeness (QED) is 0.336. The SMILES string of the molecule is CCc1nc2cccc(C#Cc3cnn(C)c3)c2c(=O)n1C1CCCCC1.NC(=O)c1c(N)nn2cccnc12. The second-order valence-electron chi connectivity index (χ2n) is 9.71. The van der Waals surface area contributed by atoms with Crippen LogP contribution in [0, 0.1) is 11.8 Å². The average molecular weight is 538 g/mol. The van der Waals surface area contributed by atoms with E-state index in [2.05, 4.69) is 33.9 Å². The molecule has 1 aromatic carbocycles. The maximum atomic E-state index is 13.5. The van der Waals surface area contributed by atoms with Crippen LogP contribution >= 0.6 is 0 Å². The number of carbonyl (C=O) groups excluding carboxylic acids is 1. The van der Waals surface area contributed by atoms with Gasteiger partial charge in [-0.25, -0.2) is 14.5 Å². The van der Waals surface area contributed by atoms with Crippen LogP contribution in [0.25, 0.3) is 16.6 Å². The number of primary amides is 1. The van der Waals surface area contributed by atoms with Crippen molar-refractivity contribution in [2.24, 2.45) is 12.8 Å². The van der Waals surface area contributed by atoms with Gasteiger partial charge in [0, 0.05) is 43.7 Å². The van der Waals surface area contributed by atoms with Crippen LogP contribution in [0.3, 0.4) is 0 Å². The smallest absolute Gasteiger partial charge is 0.262 e. The monoisotopic (exact) mass is 537 g/mol. The van der Waals surface area contributed by atoms with E-state index in [0.717, 1.165) is 41.7 Å². The van der Waals surface area contributed by atoms with Gasteiger partial charge >= 0.3 is 0 Å². The fourth-order valence-electron chi connectivity index (χ4n) is 5.12. The number of amides is 1. The molecule has 4 heterocycles. The third-order valence-electron chi connectivity index (χ3n) is 6.97. The Kier molecular flexibility index (Phi) is 7.59. The predicted octanol–water partition coefficient (Wildman–Crippen LogP) is 3.01. The molecule has 1 aliphatic rings. The lowest BCUT2D eigenvalue weighted by Gasteiger charge is -2.26. The zero-order valence-corrected chi connectivity index (χ0v) is 22.5. The Morgan fingerprint density at radius 3 is 2.65 bits per heavy atom. The standard InChI is InChI=1S/C22H24N4O.C7H7N5O/c1-3-20-24-19-11-7-8-17(13-12-16-14-23-25(2)15-16)21(19)22(27)26(20)18-9-5-4-6-10-18;8-5-4(6(9)13)7-10-2-1-3-12(7)11-5/h7-8,11,14-15,18H,3-6,9-10H2,1-2H3;1-3H,(H2,8,11)(H2,9,13). The molecule has 204 valence electrons. The third kappa shape index (κ3) is 5.29. The van der Waals surface area contributed by atoms with E-state index >= 15 is 0 Å². The van der Waals surface area contributed by atoms with Gasteiger partial charge in [0.25, 0.3) is 11.5 Å². The lowest BCUT2D eigenvalue weighted by Crippen LogP contribution is -2.30. The highest BCUT2D eigenvalue weighted by Gasteiger charge is 2.21. The Hall–Kier alpha value is -4.98. The summed E-state index contributed by atoms with van der Waals surface area (Å²) in [6.45, 7) is 2.07. The lowest BCUT2D eigenvalue weighted by molar-refractivity contribution is 0.100. The molecule has 1 aliphatic carbocycles. The molecule has 6 rings (SSSR count). The van der Waals surface area contributed by atoms with E-state index < -0.39 is 5.91 Å². The first kappa shape index (κ1) is 26.6. The number of fused-ring (bicyclic) bond motifs is 2. The van der Waals surface area contributed by atoms with Crippen molar-refractivity contribution in [1.29, 1.82) is 0 Å². The minimum absolute atomic E-state index is 0.0554. The van der Waals surface area contributed by atoms with Crippen LogP contribution in [0.15, 0.2) is 53.8 Å². The lowest BCUT2D eigenvalue weighted by atomic mass is 9.94. The maximum Gasteiger partial charge on any atom is 0.262 e. The minimum atomic E-state index is -0.619. The van der Waals surface area contributed by atoms with E-state index in [-0.39, 0.29) is 23.0 Å². The van der Waals surface area contributed by atoms with E-state index in [0.29, 0.717) is 11.0 Å². The van der Waals surface area contributed by atoms with Crippen molar-refractivity contribution in [2.45, 2.75) is 51.5 Å². The number of nitrogens with two attached hydrogens (primary N) is 2. The highest BCUT2D eigenvalue weighted by Crippen LogP contribution is 2.28. The summed E-state index contributed by atoms with van der Waals surface area (Å²) in [6.07, 6.45) is 13.3. The summed E-state index contributed by atoms with van der Waals surface area (Å²) in [5.74, 6) is 6.66. The molecule has 1 fully saturated rings. The van der Waals surface area contributed by atoms with Crippen molar-refractivity contribution in [2.75, 3.05) is 5.73 Å². The van der Waals surface area contributed by atoms with Crippen LogP contribution in [-0.2, 0) is 13.5 Å². The van der Waals surface area contributed by atoms with Gasteiger partial charge in [-0.2, -0.15) is 5.10 Å². The number of rotatable bonds is 3. The Bertz CT molecular complexity index is 1810. The van der Waals surface area contributed by atoms with Crippen LogP contribution in [-0.4, -0.2) is 39.8 Å². The van der Waals surface area contributed by atoms with Gasteiger partial charge in [-0.05, 0) is 31.0 Å². The number of aryl methyl sites for hydroxylation is 2. The van der Waals surface area contributed by atoms with Gasteiger partial charge in [-0.1, -0.05) is 44.1 Å². The van der Waals surface area contributed by atoms with Crippen molar-refractivity contribution in [3.8, 4) is 11.8 Å². The van der Waals surface area contributed by atoms with Gasteiger partial charge in [0.2, 0.25) is 0 Å². The topological polar surface area (TPSA) is 152 Å². The zero-order chi connectivity index (χ0) is 28.2. The molecular weight excluding hydrogens is 506 g/mol. The summed E-state index contributed by atoms with van der Waals surface area (Å²) in [5.41, 5.74) is 13.5. The molecule has 0 unspecified atom stereocenters. The van der Waals surface area contributed by atoms with Gasteiger partial charge in [-0.15, -0.1) is 5.10 Å². The van der Waals surface area contributed by atoms with E-state index in [1.807, 2.05) is 36.0 Å². The molecule has 1 amide bonds. The van der Waals surface area contributed by atoms with Gasteiger partial charge < -0.3 is 11.5 Å². The minimum Gasteiger partial charge on any atom is -0.381 e. The molecule has 5 aromatic rings. The first-order valence-corrected chi connectivity index (χ1v) is 13.3. The first-order valence-electron chi connectivity index (χ1n) is 13.3. The Morgan fingerprint density at radius 2 is 1.95 bits per heavy atom. The number of nitrogens with zero attached hydrogens (tertiary/aromatic N) is 7. The van der Waals surface area contributed by atoms with Crippen LogP contribution < -0.4 is 17.0 Å². The van der Waals surface area contributed by atoms with E-state index in [1.165, 1.54) is 23.8 Å². The number of aromatic nitrogens is 7. The van der Waals surface area contributed by atoms with E-state index in [9.17, 15) is 9.59 Å². The molecule has 1 saturated carbocycles. The second kappa shape index (κ2) is 11.4. The summed E-state index contributed by atoms with van der Waals surface area (Å²) in [5, 5.41) is 8.64. The number of nitrogen functional groups attached to an aromatic ring is 1. The fraction of sp³-hybridized carbons (Fsp3) is 0.310. The molecule has 4 N–H and O–H groups in total. The van der Waals surface area contributed by atoms with Crippen molar-refractivity contribution in [1.82, 2.24) is 33.9 Å². The summed E-state index contributed by atoms with van der Waals surface area (Å²) >= 11 is 0. The van der Waals surface area contributed by atoms with Crippen molar-refractivity contribution >= 4 is 28.3 Å². The highest BCUT2D eigenvalue weighted by atomic mass is 16.1. The summed E-state index contributed by atoms with van der Waals surface area (Å²) < 4.78 is 5.09. The summed E-state index contributed by atoms with van der Waals surface area (Å²) in [4.78, 5) is 33.2. The number of benzene rings is 1. The Morgan fingerprint density at radius 1 is 1.15 bits per heavy atom. The number of hydrogen-bond donors (Lipinski definition) is 2. The van der Waals surface area contributed by atoms with Gasteiger partial charge in [0.15, 0.2) is 11.5 Å². The largest absolute Gasteiger partial charge is 0.381 e. The molecule has 40 heavy (non-hydrogen) atoms. The highest BCUT2D eigenvalue weighted by molar-refractivity contribution is 6.03. The number of hydrogen-bond acceptors (Lipinski definition) is 7. The first-order chi connectivity index (χ1) is 19.4. The van der Waals surface area contributed by atoms with Crippen LogP contribution in [0.4, 0.5) is 5.82 Å². The van der Waals surface area contributed by atoms with Crippen LogP contribution in [0.2, 0.25) is 0 Å². The average Bonchev–Trinajstić information content (AvgIpc) is 3.53. The normalized spacial score (nSPS) is 13.4. The summed E-state index contributed by atoms with van der Waals surface area (Å²) in [6, 6.07) is 7.69. The summed E-state index contributed by atoms with van der Waals surface area (Å²) in [7, 11) is 1.86. The fourth-order valence-corrected chi connectivity index (χ4v) is 5.12. The van der Waals surface area contributed by atoms with Crippen molar-refractivity contribution < 1.29 is 4.79 Å². The second-order valence-corrected chi connectivity index (χ2v) is 9.71. The molecule has 0 spiro atoms. The maximum absolute atomic E-state index is 13.5. The molecular formula is C29H31N9O2. The number of anilines is 1. The molecule has 0 bridgehead atoms. The van der Waals surface area contributed by atoms with Crippen LogP contribution in [0.1, 0.15) is 72.4 Å². The van der Waals surface area contributed by atoms with Gasteiger partial charge in [0.1, 0.15) is 11.4 Å². The van der Waals surface area contributed by atoms with Crippen LogP contribution in [0.5, 0.6) is 0 Å². The zero-order valence-electron chi connectivity index (χ0n) is 22.5. The van der Waals surface area contributed by atoms with Crippen molar-refractivity contribution in [3.05, 3.63) is 81.9 Å². The third-order valence-corrected chi connectivity index (χ3v) is 6.97. The molecule has 11 heteroatoms. The molecule has 4 aromatic heterocycles. The van der Waals surface area contributed by atoms with E-state index in [1.54, 1.807) is 29.3 Å².